The minimum absolute atomic E-state index is 0.116. The number of imidazole rings is 1. The minimum atomic E-state index is -0.692. The number of hydrogen-bond donors (Lipinski definition) is 1. The molecule has 3 aromatic rings. The fourth-order valence-electron chi connectivity index (χ4n) is 1.97. The van der Waals surface area contributed by atoms with Crippen LogP contribution in [0.15, 0.2) is 54.9 Å². The number of hydrogen-bond acceptors (Lipinski definition) is 4. The first kappa shape index (κ1) is 14.7. The van der Waals surface area contributed by atoms with Crippen LogP contribution in [-0.2, 0) is 9.53 Å². The number of aromatic nitrogens is 2. The summed E-state index contributed by atoms with van der Waals surface area (Å²) in [6.07, 6.45) is 3.27. The zero-order valence-electron chi connectivity index (χ0n) is 11.9. The molecule has 6 nitrogen and oxygen atoms in total. The van der Waals surface area contributed by atoms with Crippen LogP contribution in [0, 0.1) is 5.82 Å². The average molecular weight is 313 g/mol. The quantitative estimate of drug-likeness (QED) is 0.750. The van der Waals surface area contributed by atoms with E-state index >= 15 is 0 Å². The van der Waals surface area contributed by atoms with E-state index in [1.54, 1.807) is 28.8 Å². The summed E-state index contributed by atoms with van der Waals surface area (Å²) in [6.45, 7) is -0.454. The highest BCUT2D eigenvalue weighted by Gasteiger charge is 2.14. The predicted octanol–water partition coefficient (Wildman–Crippen LogP) is 2.27. The molecule has 3 rings (SSSR count). The molecule has 0 spiro atoms. The van der Waals surface area contributed by atoms with E-state index in [-0.39, 0.29) is 5.69 Å². The molecule has 0 radical (unpaired) electrons. The van der Waals surface area contributed by atoms with Gasteiger partial charge in [0.2, 0.25) is 0 Å². The van der Waals surface area contributed by atoms with Crippen LogP contribution in [0.1, 0.15) is 10.5 Å². The molecule has 0 unspecified atom stereocenters. The highest BCUT2D eigenvalue weighted by molar-refractivity contribution is 5.95. The third-order valence-corrected chi connectivity index (χ3v) is 3.04. The van der Waals surface area contributed by atoms with Crippen LogP contribution in [0.5, 0.6) is 0 Å². The lowest BCUT2D eigenvalue weighted by Gasteiger charge is -2.05. The van der Waals surface area contributed by atoms with E-state index in [4.69, 9.17) is 4.74 Å². The largest absolute Gasteiger partial charge is 0.451 e. The summed E-state index contributed by atoms with van der Waals surface area (Å²) in [6, 6.07) is 10.6. The van der Waals surface area contributed by atoms with Crippen molar-refractivity contribution >= 4 is 23.2 Å². The lowest BCUT2D eigenvalue weighted by molar-refractivity contribution is -0.119. The number of nitrogens with one attached hydrogen (secondary N) is 1. The van der Waals surface area contributed by atoms with Crippen LogP contribution in [-0.4, -0.2) is 27.9 Å². The van der Waals surface area contributed by atoms with E-state index in [0.717, 1.165) is 0 Å². The van der Waals surface area contributed by atoms with Crippen LogP contribution in [0.2, 0.25) is 0 Å². The van der Waals surface area contributed by atoms with Crippen molar-refractivity contribution in [3.05, 3.63) is 66.4 Å². The molecule has 2 aromatic heterocycles. The van der Waals surface area contributed by atoms with Gasteiger partial charge in [0, 0.05) is 18.1 Å². The Morgan fingerprint density at radius 1 is 1.17 bits per heavy atom. The van der Waals surface area contributed by atoms with Gasteiger partial charge in [0.1, 0.15) is 11.5 Å². The Hall–Kier alpha value is -3.22. The monoisotopic (exact) mass is 313 g/mol. The summed E-state index contributed by atoms with van der Waals surface area (Å²) in [7, 11) is 0. The molecule has 0 aliphatic heterocycles. The number of pyridine rings is 1. The number of rotatable bonds is 4. The average Bonchev–Trinajstić information content (AvgIpc) is 2.99. The van der Waals surface area contributed by atoms with Gasteiger partial charge < -0.3 is 14.5 Å². The lowest BCUT2D eigenvalue weighted by atomic mass is 10.3. The lowest BCUT2D eigenvalue weighted by Crippen LogP contribution is -2.21. The number of amides is 1. The first-order valence-corrected chi connectivity index (χ1v) is 6.78. The number of carbonyl (C=O) groups is 2. The Balaban J connectivity index is 1.57. The van der Waals surface area contributed by atoms with E-state index < -0.39 is 24.3 Å². The van der Waals surface area contributed by atoms with E-state index in [1.807, 2.05) is 0 Å². The van der Waals surface area contributed by atoms with Crippen molar-refractivity contribution < 1.29 is 18.7 Å². The van der Waals surface area contributed by atoms with E-state index in [0.29, 0.717) is 11.3 Å². The van der Waals surface area contributed by atoms with Crippen molar-refractivity contribution in [1.82, 2.24) is 9.38 Å². The third-order valence-electron chi connectivity index (χ3n) is 3.04. The summed E-state index contributed by atoms with van der Waals surface area (Å²) in [5.74, 6) is -1.61. The number of fused-ring (bicyclic) bond motifs is 1. The fourth-order valence-corrected chi connectivity index (χ4v) is 1.97. The number of nitrogens with zero attached hydrogens (tertiary/aromatic N) is 2. The molecule has 0 aliphatic carbocycles. The zero-order valence-corrected chi connectivity index (χ0v) is 11.9. The molecule has 0 saturated heterocycles. The topological polar surface area (TPSA) is 72.7 Å². The van der Waals surface area contributed by atoms with Gasteiger partial charge in [0.15, 0.2) is 12.3 Å². The number of halogens is 1. The van der Waals surface area contributed by atoms with Gasteiger partial charge in [0.05, 0.1) is 0 Å². The Labute approximate surface area is 130 Å². The maximum absolute atomic E-state index is 12.8. The van der Waals surface area contributed by atoms with E-state index in [1.165, 1.54) is 30.5 Å². The third kappa shape index (κ3) is 3.52. The van der Waals surface area contributed by atoms with Crippen molar-refractivity contribution in [3.8, 4) is 0 Å². The van der Waals surface area contributed by atoms with Gasteiger partial charge in [-0.15, -0.1) is 0 Å². The van der Waals surface area contributed by atoms with Crippen LogP contribution in [0.25, 0.3) is 5.65 Å². The van der Waals surface area contributed by atoms with Gasteiger partial charge >= 0.3 is 5.97 Å². The number of anilines is 1. The van der Waals surface area contributed by atoms with Crippen molar-refractivity contribution in [1.29, 1.82) is 0 Å². The molecule has 1 amide bonds. The zero-order chi connectivity index (χ0) is 16.2. The SMILES string of the molecule is O=C(COC(=O)c1cn2ccccc2n1)Nc1ccc(F)cc1. The smallest absolute Gasteiger partial charge is 0.359 e. The molecule has 0 atom stereocenters. The van der Waals surface area contributed by atoms with Crippen LogP contribution >= 0.6 is 0 Å². The summed E-state index contributed by atoms with van der Waals surface area (Å²) >= 11 is 0. The van der Waals surface area contributed by atoms with Gasteiger partial charge in [-0.1, -0.05) is 6.07 Å². The van der Waals surface area contributed by atoms with Crippen molar-refractivity contribution in [2.75, 3.05) is 11.9 Å². The van der Waals surface area contributed by atoms with Crippen LogP contribution < -0.4 is 5.32 Å². The summed E-state index contributed by atoms with van der Waals surface area (Å²) in [5.41, 5.74) is 1.14. The second kappa shape index (κ2) is 6.27. The molecule has 2 heterocycles. The maximum Gasteiger partial charge on any atom is 0.359 e. The van der Waals surface area contributed by atoms with E-state index in [2.05, 4.69) is 10.3 Å². The molecular formula is C16H12FN3O3. The van der Waals surface area contributed by atoms with Crippen molar-refractivity contribution in [3.63, 3.8) is 0 Å². The predicted molar refractivity (Wildman–Crippen MR) is 80.5 cm³/mol. The Kier molecular flexibility index (Phi) is 4.01. The Morgan fingerprint density at radius 3 is 2.70 bits per heavy atom. The van der Waals surface area contributed by atoms with Crippen molar-refractivity contribution in [2.24, 2.45) is 0 Å². The molecule has 1 N–H and O–H groups in total. The van der Waals surface area contributed by atoms with Gasteiger partial charge in [-0.05, 0) is 36.4 Å². The molecule has 1 aromatic carbocycles. The van der Waals surface area contributed by atoms with Gasteiger partial charge in [-0.3, -0.25) is 4.79 Å². The molecule has 0 saturated carbocycles. The molecule has 116 valence electrons. The number of carbonyl (C=O) groups excluding carboxylic acids is 2. The highest BCUT2D eigenvalue weighted by atomic mass is 19.1. The molecule has 0 bridgehead atoms. The molecule has 0 fully saturated rings. The Morgan fingerprint density at radius 2 is 1.96 bits per heavy atom. The fraction of sp³-hybridized carbons (Fsp3) is 0.0625. The summed E-state index contributed by atoms with van der Waals surface area (Å²) in [4.78, 5) is 27.7. The molecule has 7 heteroatoms. The highest BCUT2D eigenvalue weighted by Crippen LogP contribution is 2.09. The number of ether oxygens (including phenoxy) is 1. The minimum Gasteiger partial charge on any atom is -0.451 e. The standard InChI is InChI=1S/C16H12FN3O3/c17-11-4-6-12(7-5-11)18-15(21)10-23-16(22)13-9-20-8-2-1-3-14(20)19-13/h1-9H,10H2,(H,18,21). The number of esters is 1. The Bertz CT molecular complexity index is 825. The van der Waals surface area contributed by atoms with E-state index in [9.17, 15) is 14.0 Å². The van der Waals surface area contributed by atoms with Crippen LogP contribution in [0.4, 0.5) is 10.1 Å². The second-order valence-corrected chi connectivity index (χ2v) is 4.72. The maximum atomic E-state index is 12.8. The molecule has 0 aliphatic rings. The molecular weight excluding hydrogens is 301 g/mol. The van der Waals surface area contributed by atoms with Crippen molar-refractivity contribution in [2.45, 2.75) is 0 Å². The van der Waals surface area contributed by atoms with Gasteiger partial charge in [-0.2, -0.15) is 0 Å². The summed E-state index contributed by atoms with van der Waals surface area (Å²) < 4.78 is 19.4. The normalized spacial score (nSPS) is 10.5. The van der Waals surface area contributed by atoms with Gasteiger partial charge in [0.25, 0.3) is 5.91 Å². The second-order valence-electron chi connectivity index (χ2n) is 4.72. The van der Waals surface area contributed by atoms with Crippen LogP contribution in [0.3, 0.4) is 0 Å². The van der Waals surface area contributed by atoms with Gasteiger partial charge in [-0.25, -0.2) is 14.2 Å². The number of benzene rings is 1. The first-order valence-electron chi connectivity index (χ1n) is 6.78. The first-order chi connectivity index (χ1) is 11.1. The summed E-state index contributed by atoms with van der Waals surface area (Å²) in [5, 5.41) is 2.49. The molecule has 23 heavy (non-hydrogen) atoms.